The summed E-state index contributed by atoms with van der Waals surface area (Å²) in [5.41, 5.74) is 3.56. The second-order valence-corrected chi connectivity index (χ2v) is 4.45. The molecule has 2 aromatic rings. The normalized spacial score (nSPS) is 12.1. The quantitative estimate of drug-likeness (QED) is 0.785. The predicted octanol–water partition coefficient (Wildman–Crippen LogP) is 3.83. The summed E-state index contributed by atoms with van der Waals surface area (Å²) < 4.78 is 0. The standard InChI is InChI=1S/C17H18O/c1-2-7-17(18)13-14-8-6-11-16(12-14)15-9-4-3-5-10-15/h2-6,8-12,17-18H,1,7,13H2. The molecule has 0 saturated heterocycles. The molecule has 1 N–H and O–H groups in total. The van der Waals surface area contributed by atoms with Crippen LogP contribution in [0.4, 0.5) is 0 Å². The highest BCUT2D eigenvalue weighted by atomic mass is 16.3. The molecule has 18 heavy (non-hydrogen) atoms. The largest absolute Gasteiger partial charge is 0.392 e. The summed E-state index contributed by atoms with van der Waals surface area (Å²) in [5, 5.41) is 9.79. The van der Waals surface area contributed by atoms with Crippen molar-refractivity contribution in [1.29, 1.82) is 0 Å². The second-order valence-electron chi connectivity index (χ2n) is 4.45. The van der Waals surface area contributed by atoms with Crippen molar-refractivity contribution in [2.45, 2.75) is 18.9 Å². The van der Waals surface area contributed by atoms with E-state index in [0.717, 1.165) is 5.56 Å². The van der Waals surface area contributed by atoms with Crippen LogP contribution in [0.15, 0.2) is 67.3 Å². The summed E-state index contributed by atoms with van der Waals surface area (Å²) in [5.74, 6) is 0. The number of hydrogen-bond donors (Lipinski definition) is 1. The van der Waals surface area contributed by atoms with Gasteiger partial charge in [0.05, 0.1) is 6.10 Å². The Labute approximate surface area is 108 Å². The highest BCUT2D eigenvalue weighted by molar-refractivity contribution is 5.63. The summed E-state index contributed by atoms with van der Waals surface area (Å²) in [6.07, 6.45) is 2.72. The molecule has 92 valence electrons. The Morgan fingerprint density at radius 3 is 2.44 bits per heavy atom. The van der Waals surface area contributed by atoms with Gasteiger partial charge in [0.1, 0.15) is 0 Å². The van der Waals surface area contributed by atoms with Gasteiger partial charge in [-0.15, -0.1) is 6.58 Å². The van der Waals surface area contributed by atoms with Crippen molar-refractivity contribution < 1.29 is 5.11 Å². The van der Waals surface area contributed by atoms with Crippen LogP contribution in [-0.2, 0) is 6.42 Å². The molecule has 1 unspecified atom stereocenters. The monoisotopic (exact) mass is 238 g/mol. The van der Waals surface area contributed by atoms with Gasteiger partial charge in [0, 0.05) is 0 Å². The van der Waals surface area contributed by atoms with E-state index in [4.69, 9.17) is 0 Å². The highest BCUT2D eigenvalue weighted by Gasteiger charge is 2.04. The number of benzene rings is 2. The van der Waals surface area contributed by atoms with E-state index < -0.39 is 0 Å². The minimum absolute atomic E-state index is 0.339. The maximum atomic E-state index is 9.79. The van der Waals surface area contributed by atoms with Gasteiger partial charge in [-0.2, -0.15) is 0 Å². The van der Waals surface area contributed by atoms with E-state index in [1.54, 1.807) is 6.08 Å². The Bertz CT molecular complexity index is 502. The zero-order valence-corrected chi connectivity index (χ0v) is 10.4. The van der Waals surface area contributed by atoms with Gasteiger partial charge in [-0.3, -0.25) is 0 Å². The molecular weight excluding hydrogens is 220 g/mol. The molecule has 0 amide bonds. The van der Waals surface area contributed by atoms with Crippen molar-refractivity contribution >= 4 is 0 Å². The third-order valence-electron chi connectivity index (χ3n) is 2.94. The van der Waals surface area contributed by atoms with Gasteiger partial charge in [0.25, 0.3) is 0 Å². The van der Waals surface area contributed by atoms with Crippen LogP contribution in [-0.4, -0.2) is 11.2 Å². The van der Waals surface area contributed by atoms with Gasteiger partial charge in [0.15, 0.2) is 0 Å². The number of aliphatic hydroxyl groups is 1. The molecule has 0 saturated carbocycles. The summed E-state index contributed by atoms with van der Waals surface area (Å²) in [4.78, 5) is 0. The molecule has 0 spiro atoms. The fraction of sp³-hybridized carbons (Fsp3) is 0.176. The molecular formula is C17H18O. The van der Waals surface area contributed by atoms with Crippen LogP contribution in [0.5, 0.6) is 0 Å². The van der Waals surface area contributed by atoms with Gasteiger partial charge in [-0.25, -0.2) is 0 Å². The minimum Gasteiger partial charge on any atom is -0.392 e. The van der Waals surface area contributed by atoms with Gasteiger partial charge < -0.3 is 5.11 Å². The Hall–Kier alpha value is -1.86. The predicted molar refractivity (Wildman–Crippen MR) is 76.4 cm³/mol. The van der Waals surface area contributed by atoms with E-state index in [2.05, 4.69) is 36.9 Å². The van der Waals surface area contributed by atoms with E-state index in [1.807, 2.05) is 24.3 Å². The van der Waals surface area contributed by atoms with Crippen LogP contribution in [0.1, 0.15) is 12.0 Å². The van der Waals surface area contributed by atoms with E-state index in [9.17, 15) is 5.11 Å². The van der Waals surface area contributed by atoms with Crippen molar-refractivity contribution in [2.24, 2.45) is 0 Å². The SMILES string of the molecule is C=CCC(O)Cc1cccc(-c2ccccc2)c1. The lowest BCUT2D eigenvalue weighted by Gasteiger charge is -2.09. The van der Waals surface area contributed by atoms with Crippen molar-refractivity contribution in [1.82, 2.24) is 0 Å². The molecule has 1 atom stereocenters. The molecule has 2 rings (SSSR count). The van der Waals surface area contributed by atoms with E-state index >= 15 is 0 Å². The van der Waals surface area contributed by atoms with E-state index in [-0.39, 0.29) is 6.10 Å². The van der Waals surface area contributed by atoms with Gasteiger partial charge >= 0.3 is 0 Å². The molecule has 1 heteroatoms. The van der Waals surface area contributed by atoms with Crippen LogP contribution in [0.3, 0.4) is 0 Å². The van der Waals surface area contributed by atoms with Crippen LogP contribution < -0.4 is 0 Å². The zero-order chi connectivity index (χ0) is 12.8. The second kappa shape index (κ2) is 6.18. The van der Waals surface area contributed by atoms with E-state index in [1.165, 1.54) is 11.1 Å². The molecule has 0 aliphatic rings. The Morgan fingerprint density at radius 1 is 1.00 bits per heavy atom. The first-order valence-corrected chi connectivity index (χ1v) is 6.23. The smallest absolute Gasteiger partial charge is 0.0614 e. The number of hydrogen-bond acceptors (Lipinski definition) is 1. The van der Waals surface area contributed by atoms with Crippen molar-refractivity contribution in [3.63, 3.8) is 0 Å². The average Bonchev–Trinajstić information content (AvgIpc) is 2.40. The van der Waals surface area contributed by atoms with Crippen molar-refractivity contribution in [3.05, 3.63) is 72.8 Å². The Balaban J connectivity index is 2.18. The molecule has 2 aromatic carbocycles. The van der Waals surface area contributed by atoms with Crippen molar-refractivity contribution in [2.75, 3.05) is 0 Å². The topological polar surface area (TPSA) is 20.2 Å². The maximum Gasteiger partial charge on any atom is 0.0614 e. The third kappa shape index (κ3) is 3.31. The lowest BCUT2D eigenvalue weighted by molar-refractivity contribution is 0.178. The number of aliphatic hydroxyl groups excluding tert-OH is 1. The lowest BCUT2D eigenvalue weighted by Crippen LogP contribution is -2.08. The summed E-state index contributed by atoms with van der Waals surface area (Å²) in [6.45, 7) is 3.65. The van der Waals surface area contributed by atoms with Gasteiger partial charge in [-0.05, 0) is 29.5 Å². The Morgan fingerprint density at radius 2 is 1.72 bits per heavy atom. The zero-order valence-electron chi connectivity index (χ0n) is 10.4. The first kappa shape index (κ1) is 12.6. The third-order valence-corrected chi connectivity index (χ3v) is 2.94. The molecule has 0 aliphatic heterocycles. The molecule has 0 heterocycles. The maximum absolute atomic E-state index is 9.79. The van der Waals surface area contributed by atoms with Crippen LogP contribution >= 0.6 is 0 Å². The number of rotatable bonds is 5. The minimum atomic E-state index is -0.339. The molecule has 1 nitrogen and oxygen atoms in total. The first-order chi connectivity index (χ1) is 8.79. The average molecular weight is 238 g/mol. The summed E-state index contributed by atoms with van der Waals surface area (Å²) in [7, 11) is 0. The molecule has 0 bridgehead atoms. The van der Waals surface area contributed by atoms with E-state index in [0.29, 0.717) is 12.8 Å². The van der Waals surface area contributed by atoms with Crippen LogP contribution in [0, 0.1) is 0 Å². The van der Waals surface area contributed by atoms with Gasteiger partial charge in [-0.1, -0.05) is 60.7 Å². The Kier molecular flexibility index (Phi) is 4.32. The molecule has 0 radical (unpaired) electrons. The summed E-state index contributed by atoms with van der Waals surface area (Å²) in [6, 6.07) is 18.6. The molecule has 0 aliphatic carbocycles. The molecule has 0 aromatic heterocycles. The van der Waals surface area contributed by atoms with Crippen LogP contribution in [0.25, 0.3) is 11.1 Å². The fourth-order valence-corrected chi connectivity index (χ4v) is 2.06. The van der Waals surface area contributed by atoms with Crippen molar-refractivity contribution in [3.8, 4) is 11.1 Å². The molecule has 0 fully saturated rings. The summed E-state index contributed by atoms with van der Waals surface area (Å²) >= 11 is 0. The first-order valence-electron chi connectivity index (χ1n) is 6.23. The van der Waals surface area contributed by atoms with Crippen LogP contribution in [0.2, 0.25) is 0 Å². The lowest BCUT2D eigenvalue weighted by atomic mass is 9.99. The highest BCUT2D eigenvalue weighted by Crippen LogP contribution is 2.20. The van der Waals surface area contributed by atoms with Gasteiger partial charge in [0.2, 0.25) is 0 Å². The fourth-order valence-electron chi connectivity index (χ4n) is 2.06.